The van der Waals surface area contributed by atoms with Gasteiger partial charge in [0, 0.05) is 0 Å². The first kappa shape index (κ1) is 9.83. The smallest absolute Gasteiger partial charge is 0.0736 e. The van der Waals surface area contributed by atoms with Crippen LogP contribution in [-0.4, -0.2) is 6.71 Å². The van der Waals surface area contributed by atoms with Crippen molar-refractivity contribution in [2.75, 3.05) is 0 Å². The van der Waals surface area contributed by atoms with Gasteiger partial charge >= 0.3 is 0 Å². The lowest BCUT2D eigenvalue weighted by molar-refractivity contribution is 0.516. The van der Waals surface area contributed by atoms with Crippen molar-refractivity contribution < 1.29 is 0 Å². The van der Waals surface area contributed by atoms with E-state index in [0.717, 1.165) is 12.6 Å². The summed E-state index contributed by atoms with van der Waals surface area (Å²) in [4.78, 5) is 0. The third kappa shape index (κ3) is 2.63. The van der Waals surface area contributed by atoms with Crippen LogP contribution in [0.25, 0.3) is 0 Å². The van der Waals surface area contributed by atoms with E-state index in [4.69, 9.17) is 0 Å². The standard InChI is InChI=1S/C13H19B/c1-12-7-9-14(10-8-12)11-13-5-3-2-4-6-13/h2-6,12H,7-11H2,1H3. The number of rotatable bonds is 2. The van der Waals surface area contributed by atoms with Crippen molar-refractivity contribution in [2.24, 2.45) is 5.92 Å². The van der Waals surface area contributed by atoms with Gasteiger partial charge in [-0.2, -0.15) is 0 Å². The van der Waals surface area contributed by atoms with Crippen molar-refractivity contribution in [1.29, 1.82) is 0 Å². The molecule has 0 nitrogen and oxygen atoms in total. The lowest BCUT2D eigenvalue weighted by atomic mass is 9.38. The molecule has 0 aromatic heterocycles. The van der Waals surface area contributed by atoms with Crippen molar-refractivity contribution in [2.45, 2.75) is 38.7 Å². The lowest BCUT2D eigenvalue weighted by Crippen LogP contribution is -2.22. The van der Waals surface area contributed by atoms with Crippen LogP contribution in [0.5, 0.6) is 0 Å². The molecule has 1 aromatic carbocycles. The van der Waals surface area contributed by atoms with Gasteiger partial charge in [0.2, 0.25) is 0 Å². The van der Waals surface area contributed by atoms with Crippen molar-refractivity contribution >= 4 is 6.71 Å². The monoisotopic (exact) mass is 186 g/mol. The maximum atomic E-state index is 2.39. The minimum absolute atomic E-state index is 0.952. The van der Waals surface area contributed by atoms with Crippen molar-refractivity contribution in [1.82, 2.24) is 0 Å². The Morgan fingerprint density at radius 3 is 2.43 bits per heavy atom. The highest BCUT2D eigenvalue weighted by atomic mass is 14.1. The number of hydrogen-bond acceptors (Lipinski definition) is 0. The molecule has 0 N–H and O–H groups in total. The summed E-state index contributed by atoms with van der Waals surface area (Å²) < 4.78 is 0. The molecular weight excluding hydrogens is 167 g/mol. The Morgan fingerprint density at radius 2 is 1.79 bits per heavy atom. The Hall–Kier alpha value is -0.715. The molecule has 0 atom stereocenters. The minimum atomic E-state index is 0.952. The Kier molecular flexibility index (Phi) is 3.28. The summed E-state index contributed by atoms with van der Waals surface area (Å²) in [5.41, 5.74) is 1.52. The summed E-state index contributed by atoms with van der Waals surface area (Å²) in [5.74, 6) is 0.974. The van der Waals surface area contributed by atoms with Crippen molar-refractivity contribution in [3.05, 3.63) is 35.9 Å². The highest BCUT2D eigenvalue weighted by Crippen LogP contribution is 2.26. The Morgan fingerprint density at radius 1 is 1.14 bits per heavy atom. The molecule has 1 heteroatoms. The molecule has 2 rings (SSSR count). The summed E-state index contributed by atoms with van der Waals surface area (Å²) in [6, 6.07) is 10.9. The molecule has 1 aliphatic rings. The maximum absolute atomic E-state index is 2.39. The molecule has 0 aliphatic carbocycles. The van der Waals surface area contributed by atoms with Gasteiger partial charge in [-0.1, -0.05) is 68.3 Å². The van der Waals surface area contributed by atoms with E-state index >= 15 is 0 Å². The second-order valence-electron chi connectivity index (χ2n) is 4.82. The average molecular weight is 186 g/mol. The second-order valence-corrected chi connectivity index (χ2v) is 4.82. The van der Waals surface area contributed by atoms with Crippen LogP contribution in [0.1, 0.15) is 25.3 Å². The van der Waals surface area contributed by atoms with E-state index in [0.29, 0.717) is 0 Å². The third-order valence-corrected chi connectivity index (χ3v) is 3.50. The van der Waals surface area contributed by atoms with Gasteiger partial charge in [0.15, 0.2) is 0 Å². The fraction of sp³-hybridized carbons (Fsp3) is 0.538. The number of benzene rings is 1. The van der Waals surface area contributed by atoms with Crippen LogP contribution in [0.2, 0.25) is 12.6 Å². The predicted molar refractivity (Wildman–Crippen MR) is 63.9 cm³/mol. The first-order chi connectivity index (χ1) is 6.84. The van der Waals surface area contributed by atoms with Crippen LogP contribution in [0, 0.1) is 5.92 Å². The molecule has 0 saturated carbocycles. The van der Waals surface area contributed by atoms with E-state index in [-0.39, 0.29) is 0 Å². The molecule has 0 unspecified atom stereocenters. The summed E-state index contributed by atoms with van der Waals surface area (Å²) >= 11 is 0. The van der Waals surface area contributed by atoms with E-state index < -0.39 is 0 Å². The zero-order valence-electron chi connectivity index (χ0n) is 9.08. The molecule has 0 radical (unpaired) electrons. The molecule has 1 saturated heterocycles. The van der Waals surface area contributed by atoms with Crippen LogP contribution in [0.3, 0.4) is 0 Å². The molecule has 1 aliphatic heterocycles. The molecule has 14 heavy (non-hydrogen) atoms. The van der Waals surface area contributed by atoms with E-state index in [1.54, 1.807) is 0 Å². The van der Waals surface area contributed by atoms with Crippen LogP contribution in [0.15, 0.2) is 30.3 Å². The van der Waals surface area contributed by atoms with E-state index in [2.05, 4.69) is 37.3 Å². The fourth-order valence-corrected chi connectivity index (χ4v) is 2.48. The molecule has 1 fully saturated rings. The zero-order chi connectivity index (χ0) is 9.80. The van der Waals surface area contributed by atoms with Crippen LogP contribution in [-0.2, 0) is 6.32 Å². The van der Waals surface area contributed by atoms with Gasteiger partial charge in [0.25, 0.3) is 0 Å². The Balaban J connectivity index is 1.87. The van der Waals surface area contributed by atoms with Gasteiger partial charge in [-0.3, -0.25) is 0 Å². The predicted octanol–water partition coefficient (Wildman–Crippen LogP) is 3.69. The Bertz CT molecular complexity index is 260. The lowest BCUT2D eigenvalue weighted by Gasteiger charge is -2.23. The summed E-state index contributed by atoms with van der Waals surface area (Å²) in [7, 11) is 0. The highest BCUT2D eigenvalue weighted by molar-refractivity contribution is 6.58. The summed E-state index contributed by atoms with van der Waals surface area (Å²) in [6.45, 7) is 3.34. The zero-order valence-corrected chi connectivity index (χ0v) is 9.08. The van der Waals surface area contributed by atoms with Gasteiger partial charge in [0.1, 0.15) is 6.71 Å². The normalized spacial score (nSPS) is 18.5. The number of hydrogen-bond donors (Lipinski definition) is 0. The third-order valence-electron chi connectivity index (χ3n) is 3.50. The fourth-order valence-electron chi connectivity index (χ4n) is 2.48. The van der Waals surface area contributed by atoms with E-state index in [1.807, 2.05) is 0 Å². The molecule has 0 amide bonds. The molecule has 0 bridgehead atoms. The highest BCUT2D eigenvalue weighted by Gasteiger charge is 2.21. The van der Waals surface area contributed by atoms with Gasteiger partial charge < -0.3 is 0 Å². The van der Waals surface area contributed by atoms with Crippen LogP contribution < -0.4 is 0 Å². The average Bonchev–Trinajstić information content (AvgIpc) is 2.23. The summed E-state index contributed by atoms with van der Waals surface area (Å²) in [6.07, 6.45) is 7.06. The summed E-state index contributed by atoms with van der Waals surface area (Å²) in [5, 5.41) is 0. The molecule has 74 valence electrons. The topological polar surface area (TPSA) is 0 Å². The first-order valence-corrected chi connectivity index (χ1v) is 5.88. The quantitative estimate of drug-likeness (QED) is 0.618. The van der Waals surface area contributed by atoms with Crippen LogP contribution >= 0.6 is 0 Å². The SMILES string of the molecule is CC1CCB(Cc2ccccc2)CC1. The van der Waals surface area contributed by atoms with Gasteiger partial charge in [0.05, 0.1) is 0 Å². The van der Waals surface area contributed by atoms with Crippen molar-refractivity contribution in [3.63, 3.8) is 0 Å². The maximum Gasteiger partial charge on any atom is 0.144 e. The van der Waals surface area contributed by atoms with Gasteiger partial charge in [-0.05, 0) is 12.2 Å². The van der Waals surface area contributed by atoms with E-state index in [1.165, 1.54) is 37.4 Å². The minimum Gasteiger partial charge on any atom is -0.0736 e. The Labute approximate surface area is 87.8 Å². The molecule has 1 aromatic rings. The van der Waals surface area contributed by atoms with Gasteiger partial charge in [-0.25, -0.2) is 0 Å². The largest absolute Gasteiger partial charge is 0.144 e. The molecular formula is C13H19B. The van der Waals surface area contributed by atoms with E-state index in [9.17, 15) is 0 Å². The first-order valence-electron chi connectivity index (χ1n) is 5.88. The van der Waals surface area contributed by atoms with Gasteiger partial charge in [-0.15, -0.1) is 0 Å². The van der Waals surface area contributed by atoms with Crippen LogP contribution in [0.4, 0.5) is 0 Å². The molecule has 0 spiro atoms. The van der Waals surface area contributed by atoms with Crippen molar-refractivity contribution in [3.8, 4) is 0 Å². The molecule has 1 heterocycles. The second kappa shape index (κ2) is 4.68.